The summed E-state index contributed by atoms with van der Waals surface area (Å²) in [5.41, 5.74) is 11.4. The van der Waals surface area contributed by atoms with Crippen molar-refractivity contribution in [3.8, 4) is 33.8 Å². The highest BCUT2D eigenvalue weighted by Gasteiger charge is 2.17. The molecule has 0 amide bonds. The van der Waals surface area contributed by atoms with Crippen LogP contribution in [-0.2, 0) is 6.54 Å². The number of aryl methyl sites for hydroxylation is 1. The molecule has 4 heterocycles. The third-order valence-corrected chi connectivity index (χ3v) is 7.71. The fraction of sp³-hybridized carbons (Fsp3) is 0.0571. The Morgan fingerprint density at radius 2 is 1.30 bits per heavy atom. The molecule has 4 aromatic heterocycles. The van der Waals surface area contributed by atoms with Gasteiger partial charge in [0.2, 0.25) is 0 Å². The molecule has 4 aromatic carbocycles. The molecule has 0 atom stereocenters. The van der Waals surface area contributed by atoms with Crippen LogP contribution in [0, 0.1) is 0 Å². The normalized spacial score (nSPS) is 11.7. The van der Waals surface area contributed by atoms with E-state index in [-0.39, 0.29) is 0 Å². The van der Waals surface area contributed by atoms with Crippen molar-refractivity contribution in [1.29, 1.82) is 0 Å². The Kier molecular flexibility index (Phi) is 5.04. The fourth-order valence-corrected chi connectivity index (χ4v) is 5.86. The van der Waals surface area contributed by atoms with Crippen LogP contribution in [0.4, 0.5) is 0 Å². The summed E-state index contributed by atoms with van der Waals surface area (Å²) in [7, 11) is 0. The smallest absolute Gasteiger partial charge is 0.141 e. The molecular formula is C35H25N5. The van der Waals surface area contributed by atoms with E-state index in [1.807, 2.05) is 36.4 Å². The summed E-state index contributed by atoms with van der Waals surface area (Å²) in [6.07, 6.45) is 2.07. The van der Waals surface area contributed by atoms with Crippen LogP contribution in [0.15, 0.2) is 121 Å². The Morgan fingerprint density at radius 3 is 2.15 bits per heavy atom. The third-order valence-electron chi connectivity index (χ3n) is 7.71. The van der Waals surface area contributed by atoms with Gasteiger partial charge >= 0.3 is 0 Å². The highest BCUT2D eigenvalue weighted by atomic mass is 15.1. The van der Waals surface area contributed by atoms with Crippen molar-refractivity contribution in [2.24, 2.45) is 0 Å². The molecule has 5 heteroatoms. The van der Waals surface area contributed by atoms with Gasteiger partial charge in [-0.15, -0.1) is 0 Å². The Labute approximate surface area is 231 Å². The maximum absolute atomic E-state index is 5.17. The minimum absolute atomic E-state index is 0.860. The van der Waals surface area contributed by atoms with E-state index in [1.54, 1.807) is 0 Å². The molecule has 40 heavy (non-hydrogen) atoms. The van der Waals surface area contributed by atoms with Crippen molar-refractivity contribution in [3.05, 3.63) is 121 Å². The molecule has 5 nitrogen and oxygen atoms in total. The first-order valence-corrected chi connectivity index (χ1v) is 13.6. The first kappa shape index (κ1) is 22.7. The van der Waals surface area contributed by atoms with Gasteiger partial charge in [0.25, 0.3) is 0 Å². The van der Waals surface area contributed by atoms with Crippen molar-refractivity contribution in [1.82, 2.24) is 23.9 Å². The van der Waals surface area contributed by atoms with Gasteiger partial charge in [-0.05, 0) is 60.5 Å². The number of rotatable bonds is 4. The number of hydrogen-bond donors (Lipinski definition) is 0. The van der Waals surface area contributed by atoms with Gasteiger partial charge in [0.1, 0.15) is 17.0 Å². The summed E-state index contributed by atoms with van der Waals surface area (Å²) in [6.45, 7) is 3.03. The van der Waals surface area contributed by atoms with Crippen LogP contribution in [0.1, 0.15) is 6.92 Å². The second-order valence-corrected chi connectivity index (χ2v) is 10.0. The van der Waals surface area contributed by atoms with Crippen LogP contribution >= 0.6 is 0 Å². The van der Waals surface area contributed by atoms with Crippen molar-refractivity contribution in [2.75, 3.05) is 0 Å². The molecule has 190 valence electrons. The second kappa shape index (κ2) is 8.89. The largest absolute Gasteiger partial charge is 0.324 e. The van der Waals surface area contributed by atoms with E-state index >= 15 is 0 Å². The van der Waals surface area contributed by atoms with Crippen LogP contribution in [0.25, 0.3) is 72.4 Å². The molecule has 0 saturated carbocycles. The van der Waals surface area contributed by atoms with Crippen LogP contribution in [0.2, 0.25) is 0 Å². The maximum Gasteiger partial charge on any atom is 0.141 e. The van der Waals surface area contributed by atoms with Crippen molar-refractivity contribution in [2.45, 2.75) is 13.5 Å². The van der Waals surface area contributed by atoms with Gasteiger partial charge < -0.3 is 4.57 Å². The number of hydrogen-bond acceptors (Lipinski definition) is 3. The zero-order chi connectivity index (χ0) is 26.6. The lowest BCUT2D eigenvalue weighted by atomic mass is 9.99. The standard InChI is InChI=1S/C35H25N5/c1-2-39-30-18-6-5-17-29(30)37-35(39)26-14-10-12-24(22-26)23-11-9-13-25(21-23)32-34-33(27-15-3-4-16-28(27)36-32)38-31-19-7-8-20-40(31)34/h3-22H,2H2,1H3. The Bertz CT molecular complexity index is 2220. The SMILES string of the molecule is CCn1c(-c2cccc(-c3cccc(-c4nc5ccccc5c5nc6ccccn6c45)c3)c2)nc2ccccc21. The Morgan fingerprint density at radius 1 is 0.600 bits per heavy atom. The van der Waals surface area contributed by atoms with E-state index in [0.29, 0.717) is 0 Å². The summed E-state index contributed by atoms with van der Waals surface area (Å²) in [5.74, 6) is 0.991. The van der Waals surface area contributed by atoms with Crippen LogP contribution in [0.3, 0.4) is 0 Å². The van der Waals surface area contributed by atoms with Crippen LogP contribution in [-0.4, -0.2) is 23.9 Å². The summed E-state index contributed by atoms with van der Waals surface area (Å²) in [6, 6.07) is 40.0. The minimum Gasteiger partial charge on any atom is -0.324 e. The second-order valence-electron chi connectivity index (χ2n) is 10.0. The van der Waals surface area contributed by atoms with E-state index in [0.717, 1.165) is 78.9 Å². The molecule has 8 aromatic rings. The van der Waals surface area contributed by atoms with Gasteiger partial charge in [0, 0.05) is 29.3 Å². The van der Waals surface area contributed by atoms with E-state index in [2.05, 4.69) is 101 Å². The molecule has 0 N–H and O–H groups in total. The number of aromatic nitrogens is 5. The maximum atomic E-state index is 5.17. The average Bonchev–Trinajstić information content (AvgIpc) is 3.60. The van der Waals surface area contributed by atoms with Gasteiger partial charge in [-0.1, -0.05) is 72.8 Å². The highest BCUT2D eigenvalue weighted by molar-refractivity contribution is 6.09. The fourth-order valence-electron chi connectivity index (χ4n) is 5.86. The van der Waals surface area contributed by atoms with Crippen LogP contribution < -0.4 is 0 Å². The lowest BCUT2D eigenvalue weighted by molar-refractivity contribution is 0.796. The van der Waals surface area contributed by atoms with E-state index in [9.17, 15) is 0 Å². The molecule has 0 bridgehead atoms. The van der Waals surface area contributed by atoms with Crippen molar-refractivity contribution >= 4 is 38.6 Å². The van der Waals surface area contributed by atoms with Gasteiger partial charge in [-0.25, -0.2) is 15.0 Å². The quantitative estimate of drug-likeness (QED) is 0.236. The lowest BCUT2D eigenvalue weighted by Gasteiger charge is -2.11. The molecule has 0 aliphatic carbocycles. The number of pyridine rings is 2. The number of fused-ring (bicyclic) bond motifs is 6. The molecule has 8 rings (SSSR count). The molecule has 0 unspecified atom stereocenters. The summed E-state index contributed by atoms with van der Waals surface area (Å²) < 4.78 is 4.43. The van der Waals surface area contributed by atoms with Gasteiger partial charge in [0.15, 0.2) is 0 Å². The predicted molar refractivity (Wildman–Crippen MR) is 163 cm³/mol. The molecule has 0 aliphatic heterocycles. The van der Waals surface area contributed by atoms with E-state index in [4.69, 9.17) is 15.0 Å². The zero-order valence-corrected chi connectivity index (χ0v) is 22.0. The summed E-state index contributed by atoms with van der Waals surface area (Å²) in [5, 5.41) is 1.06. The topological polar surface area (TPSA) is 48.0 Å². The molecule has 0 fully saturated rings. The molecule has 0 spiro atoms. The molecule has 0 aliphatic rings. The van der Waals surface area contributed by atoms with Gasteiger partial charge in [0.05, 0.1) is 27.8 Å². The predicted octanol–water partition coefficient (Wildman–Crippen LogP) is 8.41. The van der Waals surface area contributed by atoms with Gasteiger partial charge in [-0.2, -0.15) is 0 Å². The monoisotopic (exact) mass is 515 g/mol. The van der Waals surface area contributed by atoms with E-state index in [1.165, 1.54) is 0 Å². The molecule has 0 radical (unpaired) electrons. The lowest BCUT2D eigenvalue weighted by Crippen LogP contribution is -1.97. The van der Waals surface area contributed by atoms with Crippen molar-refractivity contribution in [3.63, 3.8) is 0 Å². The Balaban J connectivity index is 1.31. The number of benzene rings is 4. The number of nitrogens with zero attached hydrogens (tertiary/aromatic N) is 5. The first-order valence-electron chi connectivity index (χ1n) is 13.6. The van der Waals surface area contributed by atoms with Gasteiger partial charge in [-0.3, -0.25) is 4.40 Å². The molecule has 0 saturated heterocycles. The molecular weight excluding hydrogens is 490 g/mol. The zero-order valence-electron chi connectivity index (χ0n) is 22.0. The number of imidazole rings is 2. The average molecular weight is 516 g/mol. The highest BCUT2D eigenvalue weighted by Crippen LogP contribution is 2.35. The Hall–Kier alpha value is -5.29. The summed E-state index contributed by atoms with van der Waals surface area (Å²) >= 11 is 0. The van der Waals surface area contributed by atoms with E-state index < -0.39 is 0 Å². The summed E-state index contributed by atoms with van der Waals surface area (Å²) in [4.78, 5) is 15.2. The minimum atomic E-state index is 0.860. The number of para-hydroxylation sites is 3. The van der Waals surface area contributed by atoms with Crippen molar-refractivity contribution < 1.29 is 0 Å². The first-order chi connectivity index (χ1) is 19.8. The van der Waals surface area contributed by atoms with Crippen LogP contribution in [0.5, 0.6) is 0 Å². The third kappa shape index (κ3) is 3.45.